The lowest BCUT2D eigenvalue weighted by molar-refractivity contribution is -0.299. The van der Waals surface area contributed by atoms with E-state index in [-0.39, 0.29) is 30.8 Å². The van der Waals surface area contributed by atoms with E-state index >= 15 is 0 Å². The summed E-state index contributed by atoms with van der Waals surface area (Å²) in [4.78, 5) is 11.6. The Labute approximate surface area is 144 Å². The normalized spacial score (nSPS) is 43.7. The van der Waals surface area contributed by atoms with Gasteiger partial charge in [0, 0.05) is 5.92 Å². The monoisotopic (exact) mass is 358 g/mol. The van der Waals surface area contributed by atoms with Gasteiger partial charge in [-0.2, -0.15) is 0 Å². The standard InChI is InChI=1S/C16H22O9/c1-2-8-9-3-11(18)25-15(8)22-5-7(9)6-23-16-14(21)13(20)12(19)10(4-17)24-16/h2,5,8-10,12-17,19-21H,1,3-4,6H2. The summed E-state index contributed by atoms with van der Waals surface area (Å²) < 4.78 is 21.3. The van der Waals surface area contributed by atoms with Crippen LogP contribution in [0.2, 0.25) is 0 Å². The summed E-state index contributed by atoms with van der Waals surface area (Å²) in [5.41, 5.74) is 0.662. The molecule has 0 aromatic carbocycles. The summed E-state index contributed by atoms with van der Waals surface area (Å²) in [6, 6.07) is 0. The van der Waals surface area contributed by atoms with E-state index in [4.69, 9.17) is 18.9 Å². The van der Waals surface area contributed by atoms with Crippen LogP contribution in [0, 0.1) is 11.8 Å². The average Bonchev–Trinajstić information content (AvgIpc) is 2.60. The van der Waals surface area contributed by atoms with E-state index in [9.17, 15) is 25.2 Å². The molecule has 3 aliphatic heterocycles. The van der Waals surface area contributed by atoms with Crippen LogP contribution in [0.4, 0.5) is 0 Å². The molecule has 2 bridgehead atoms. The van der Waals surface area contributed by atoms with Crippen molar-refractivity contribution in [2.45, 2.75) is 43.4 Å². The second-order valence-corrected chi connectivity index (χ2v) is 6.32. The van der Waals surface area contributed by atoms with Gasteiger partial charge in [0.15, 0.2) is 6.29 Å². The van der Waals surface area contributed by atoms with Crippen molar-refractivity contribution < 1.29 is 44.2 Å². The Morgan fingerprint density at radius 1 is 1.28 bits per heavy atom. The largest absolute Gasteiger partial charge is 0.462 e. The predicted octanol–water partition coefficient (Wildman–Crippen LogP) is -1.59. The summed E-state index contributed by atoms with van der Waals surface area (Å²) in [5, 5.41) is 38.7. The SMILES string of the molecule is C=CC1C2OC=C(COC3OC(CO)C(O)C(O)C3O)C1CC(=O)O2. The second-order valence-electron chi connectivity index (χ2n) is 6.32. The van der Waals surface area contributed by atoms with Gasteiger partial charge in [-0.15, -0.1) is 6.58 Å². The number of fused-ring (bicyclic) bond motifs is 2. The van der Waals surface area contributed by atoms with Crippen LogP contribution >= 0.6 is 0 Å². The average molecular weight is 358 g/mol. The molecule has 0 saturated carbocycles. The lowest BCUT2D eigenvalue weighted by Gasteiger charge is -2.41. The van der Waals surface area contributed by atoms with Gasteiger partial charge in [0.2, 0.25) is 6.29 Å². The van der Waals surface area contributed by atoms with E-state index in [2.05, 4.69) is 6.58 Å². The van der Waals surface area contributed by atoms with Crippen molar-refractivity contribution in [2.75, 3.05) is 13.2 Å². The summed E-state index contributed by atoms with van der Waals surface area (Å²) in [5.74, 6) is -0.801. The van der Waals surface area contributed by atoms with Crippen molar-refractivity contribution >= 4 is 5.97 Å². The van der Waals surface area contributed by atoms with Gasteiger partial charge in [-0.1, -0.05) is 6.08 Å². The molecule has 25 heavy (non-hydrogen) atoms. The maximum Gasteiger partial charge on any atom is 0.309 e. The fourth-order valence-corrected chi connectivity index (χ4v) is 3.30. The van der Waals surface area contributed by atoms with E-state index in [0.717, 1.165) is 0 Å². The Kier molecular flexibility index (Phi) is 5.42. The maximum absolute atomic E-state index is 11.6. The molecular formula is C16H22O9. The number of aliphatic hydroxyl groups is 4. The number of ether oxygens (including phenoxy) is 4. The molecule has 2 fully saturated rings. The van der Waals surface area contributed by atoms with E-state index in [1.54, 1.807) is 6.08 Å². The van der Waals surface area contributed by atoms with Crippen molar-refractivity contribution in [3.8, 4) is 0 Å². The van der Waals surface area contributed by atoms with Crippen LogP contribution < -0.4 is 0 Å². The number of rotatable bonds is 5. The summed E-state index contributed by atoms with van der Waals surface area (Å²) in [6.07, 6.45) is -4.18. The Bertz CT molecular complexity index is 546. The highest BCUT2D eigenvalue weighted by atomic mass is 16.7. The first-order valence-electron chi connectivity index (χ1n) is 8.04. The molecule has 3 rings (SSSR count). The molecule has 0 aromatic heterocycles. The Morgan fingerprint density at radius 3 is 2.72 bits per heavy atom. The third kappa shape index (κ3) is 3.43. The number of esters is 1. The summed E-state index contributed by atoms with van der Waals surface area (Å²) in [7, 11) is 0. The van der Waals surface area contributed by atoms with Crippen LogP contribution in [-0.2, 0) is 23.7 Å². The van der Waals surface area contributed by atoms with Crippen LogP contribution in [0.5, 0.6) is 0 Å². The molecule has 140 valence electrons. The predicted molar refractivity (Wildman–Crippen MR) is 80.6 cm³/mol. The van der Waals surface area contributed by atoms with Crippen molar-refractivity contribution in [1.29, 1.82) is 0 Å². The molecule has 9 nitrogen and oxygen atoms in total. The van der Waals surface area contributed by atoms with E-state index in [0.29, 0.717) is 5.57 Å². The van der Waals surface area contributed by atoms with Gasteiger partial charge in [-0.25, -0.2) is 0 Å². The smallest absolute Gasteiger partial charge is 0.309 e. The van der Waals surface area contributed by atoms with Crippen LogP contribution in [0.3, 0.4) is 0 Å². The second kappa shape index (κ2) is 7.40. The minimum absolute atomic E-state index is 0.0301. The molecule has 2 saturated heterocycles. The van der Waals surface area contributed by atoms with Gasteiger partial charge in [0.1, 0.15) is 24.4 Å². The van der Waals surface area contributed by atoms with Gasteiger partial charge in [-0.3, -0.25) is 4.79 Å². The first kappa shape index (κ1) is 18.3. The Morgan fingerprint density at radius 2 is 2.04 bits per heavy atom. The molecule has 9 heteroatoms. The Hall–Kier alpha value is -1.49. The molecule has 3 aliphatic rings. The maximum atomic E-state index is 11.6. The summed E-state index contributed by atoms with van der Waals surface area (Å²) >= 11 is 0. The first-order valence-corrected chi connectivity index (χ1v) is 8.04. The van der Waals surface area contributed by atoms with Crippen molar-refractivity contribution in [1.82, 2.24) is 0 Å². The molecule has 0 radical (unpaired) electrons. The molecule has 0 amide bonds. The van der Waals surface area contributed by atoms with Crippen molar-refractivity contribution in [3.05, 3.63) is 24.5 Å². The van der Waals surface area contributed by atoms with Gasteiger partial charge in [0.05, 0.1) is 31.8 Å². The van der Waals surface area contributed by atoms with Crippen LogP contribution in [0.25, 0.3) is 0 Å². The first-order chi connectivity index (χ1) is 12.0. The third-order valence-corrected chi connectivity index (χ3v) is 4.78. The minimum Gasteiger partial charge on any atom is -0.462 e. The molecule has 8 atom stereocenters. The fourth-order valence-electron chi connectivity index (χ4n) is 3.30. The highest BCUT2D eigenvalue weighted by Gasteiger charge is 2.46. The lowest BCUT2D eigenvalue weighted by atomic mass is 9.80. The molecule has 0 aliphatic carbocycles. The number of hydrogen-bond donors (Lipinski definition) is 4. The highest BCUT2D eigenvalue weighted by Crippen LogP contribution is 2.39. The molecule has 8 unspecified atom stereocenters. The molecule has 3 heterocycles. The topological polar surface area (TPSA) is 135 Å². The number of carbonyl (C=O) groups excluding carboxylic acids is 1. The van der Waals surface area contributed by atoms with Gasteiger partial charge in [0.25, 0.3) is 0 Å². The van der Waals surface area contributed by atoms with E-state index in [1.165, 1.54) is 6.26 Å². The van der Waals surface area contributed by atoms with Gasteiger partial charge < -0.3 is 39.4 Å². The zero-order chi connectivity index (χ0) is 18.1. The molecule has 0 aromatic rings. The van der Waals surface area contributed by atoms with Gasteiger partial charge >= 0.3 is 5.97 Å². The van der Waals surface area contributed by atoms with E-state index in [1.807, 2.05) is 0 Å². The zero-order valence-corrected chi connectivity index (χ0v) is 13.4. The fraction of sp³-hybridized carbons (Fsp3) is 0.688. The minimum atomic E-state index is -1.51. The van der Waals surface area contributed by atoms with Crippen LogP contribution in [-0.4, -0.2) is 76.6 Å². The molecule has 4 N–H and O–H groups in total. The summed E-state index contributed by atoms with van der Waals surface area (Å²) in [6.45, 7) is 3.17. The molecule has 0 spiro atoms. The van der Waals surface area contributed by atoms with Crippen LogP contribution in [0.15, 0.2) is 24.5 Å². The zero-order valence-electron chi connectivity index (χ0n) is 13.4. The van der Waals surface area contributed by atoms with Crippen molar-refractivity contribution in [3.63, 3.8) is 0 Å². The van der Waals surface area contributed by atoms with Crippen LogP contribution in [0.1, 0.15) is 6.42 Å². The Balaban J connectivity index is 1.66. The highest BCUT2D eigenvalue weighted by molar-refractivity contribution is 5.71. The lowest BCUT2D eigenvalue weighted by Crippen LogP contribution is -2.59. The number of hydrogen-bond acceptors (Lipinski definition) is 9. The quantitative estimate of drug-likeness (QED) is 0.339. The van der Waals surface area contributed by atoms with E-state index < -0.39 is 43.6 Å². The third-order valence-electron chi connectivity index (χ3n) is 4.78. The van der Waals surface area contributed by atoms with Crippen molar-refractivity contribution in [2.24, 2.45) is 11.8 Å². The number of carbonyl (C=O) groups is 1. The van der Waals surface area contributed by atoms with Gasteiger partial charge in [-0.05, 0) is 5.57 Å². The number of aliphatic hydroxyl groups excluding tert-OH is 4. The molecular weight excluding hydrogens is 336 g/mol.